The predicted molar refractivity (Wildman–Crippen MR) is 66.6 cm³/mol. The van der Waals surface area contributed by atoms with E-state index in [9.17, 15) is 9.59 Å². The smallest absolute Gasteiger partial charge is 0.248 e. The molecular weight excluding hydrogens is 230 g/mol. The number of hydrogen-bond acceptors (Lipinski definition) is 3. The Morgan fingerprint density at radius 3 is 2.83 bits per heavy atom. The molecule has 1 saturated heterocycles. The third-order valence-electron chi connectivity index (χ3n) is 3.12. The maximum Gasteiger partial charge on any atom is 0.248 e. The highest BCUT2D eigenvalue weighted by Crippen LogP contribution is 2.17. The van der Waals surface area contributed by atoms with E-state index in [1.165, 1.54) is 0 Å². The van der Waals surface area contributed by atoms with Crippen LogP contribution < -0.4 is 5.32 Å². The van der Waals surface area contributed by atoms with Gasteiger partial charge in [-0.15, -0.1) is 0 Å². The van der Waals surface area contributed by atoms with Crippen molar-refractivity contribution in [3.8, 4) is 0 Å². The third kappa shape index (κ3) is 2.34. The Morgan fingerprint density at radius 2 is 2.17 bits per heavy atom. The van der Waals surface area contributed by atoms with E-state index < -0.39 is 5.54 Å². The van der Waals surface area contributed by atoms with Crippen molar-refractivity contribution in [2.24, 2.45) is 0 Å². The van der Waals surface area contributed by atoms with Crippen LogP contribution in [0.1, 0.15) is 25.0 Å². The second-order valence-electron chi connectivity index (χ2n) is 5.14. The summed E-state index contributed by atoms with van der Waals surface area (Å²) in [6.45, 7) is 5.94. The molecule has 1 N–H and O–H groups in total. The van der Waals surface area contributed by atoms with E-state index >= 15 is 0 Å². The summed E-state index contributed by atoms with van der Waals surface area (Å²) in [7, 11) is 0. The Kier molecular flexibility index (Phi) is 3.07. The van der Waals surface area contributed by atoms with Crippen molar-refractivity contribution in [1.82, 2.24) is 15.2 Å². The second-order valence-corrected chi connectivity index (χ2v) is 5.14. The van der Waals surface area contributed by atoms with E-state index in [-0.39, 0.29) is 18.4 Å². The molecule has 1 aliphatic heterocycles. The molecule has 0 unspecified atom stereocenters. The summed E-state index contributed by atoms with van der Waals surface area (Å²) in [5, 5.41) is 2.69. The fourth-order valence-electron chi connectivity index (χ4n) is 2.08. The minimum absolute atomic E-state index is 0.0645. The largest absolute Gasteiger partial charge is 0.341 e. The summed E-state index contributed by atoms with van der Waals surface area (Å²) >= 11 is 0. The predicted octanol–water partition coefficient (Wildman–Crippen LogP) is 0.627. The van der Waals surface area contributed by atoms with Gasteiger partial charge < -0.3 is 10.2 Å². The van der Waals surface area contributed by atoms with Crippen LogP contribution in [0.25, 0.3) is 0 Å². The molecule has 96 valence electrons. The van der Waals surface area contributed by atoms with Crippen LogP contribution in [0.3, 0.4) is 0 Å². The molecular formula is C13H17N3O2. The first-order chi connectivity index (χ1) is 8.40. The molecule has 1 aromatic rings. The number of rotatable bonds is 2. The molecule has 5 nitrogen and oxygen atoms in total. The van der Waals surface area contributed by atoms with E-state index in [4.69, 9.17) is 0 Å². The third-order valence-corrected chi connectivity index (χ3v) is 3.12. The van der Waals surface area contributed by atoms with E-state index in [0.717, 1.165) is 11.1 Å². The molecule has 0 saturated carbocycles. The van der Waals surface area contributed by atoms with Gasteiger partial charge in [0.2, 0.25) is 11.8 Å². The topological polar surface area (TPSA) is 62.3 Å². The van der Waals surface area contributed by atoms with Crippen LogP contribution in [-0.2, 0) is 16.1 Å². The lowest BCUT2D eigenvalue weighted by Gasteiger charge is -2.37. The summed E-state index contributed by atoms with van der Waals surface area (Å²) in [5.41, 5.74) is 1.21. The normalized spacial score (nSPS) is 18.7. The van der Waals surface area contributed by atoms with Crippen LogP contribution in [0.2, 0.25) is 0 Å². The Balaban J connectivity index is 2.21. The van der Waals surface area contributed by atoms with Gasteiger partial charge in [-0.3, -0.25) is 14.6 Å². The second kappa shape index (κ2) is 4.40. The lowest BCUT2D eigenvalue weighted by atomic mass is 9.99. The fourth-order valence-corrected chi connectivity index (χ4v) is 2.08. The minimum Gasteiger partial charge on any atom is -0.341 e. The van der Waals surface area contributed by atoms with Crippen molar-refractivity contribution in [2.45, 2.75) is 32.9 Å². The molecule has 1 fully saturated rings. The number of hydrogen-bond donors (Lipinski definition) is 1. The maximum atomic E-state index is 12.2. The number of aromatic nitrogens is 1. The van der Waals surface area contributed by atoms with Gasteiger partial charge in [0.15, 0.2) is 0 Å². The van der Waals surface area contributed by atoms with Crippen molar-refractivity contribution >= 4 is 11.8 Å². The average Bonchev–Trinajstić information content (AvgIpc) is 2.27. The Bertz CT molecular complexity index is 497. The monoisotopic (exact) mass is 247 g/mol. The number of pyridine rings is 1. The number of carbonyl (C=O) groups excluding carboxylic acids is 2. The number of carbonyl (C=O) groups is 2. The highest BCUT2D eigenvalue weighted by atomic mass is 16.2. The molecule has 0 spiro atoms. The standard InChI is InChI=1S/C13H17N3O2/c1-9-4-5-14-6-10(9)7-16-8-11(17)15-13(2,3)12(16)18/h4-6H,7-8H2,1-3H3,(H,15,17). The lowest BCUT2D eigenvalue weighted by Crippen LogP contribution is -2.63. The first kappa shape index (κ1) is 12.5. The first-order valence-corrected chi connectivity index (χ1v) is 5.90. The fraction of sp³-hybridized carbons (Fsp3) is 0.462. The summed E-state index contributed by atoms with van der Waals surface area (Å²) in [6.07, 6.45) is 3.45. The van der Waals surface area contributed by atoms with Crippen LogP contribution in [0.5, 0.6) is 0 Å². The highest BCUT2D eigenvalue weighted by molar-refractivity contribution is 5.97. The minimum atomic E-state index is -0.828. The zero-order valence-electron chi connectivity index (χ0n) is 10.9. The van der Waals surface area contributed by atoms with Gasteiger partial charge in [0.05, 0.1) is 6.54 Å². The lowest BCUT2D eigenvalue weighted by molar-refractivity contribution is -0.148. The van der Waals surface area contributed by atoms with E-state index in [0.29, 0.717) is 6.54 Å². The Morgan fingerprint density at radius 1 is 1.44 bits per heavy atom. The summed E-state index contributed by atoms with van der Waals surface area (Å²) in [6, 6.07) is 1.90. The first-order valence-electron chi connectivity index (χ1n) is 5.90. The van der Waals surface area contributed by atoms with Gasteiger partial charge in [0.25, 0.3) is 0 Å². The number of aryl methyl sites for hydroxylation is 1. The highest BCUT2D eigenvalue weighted by Gasteiger charge is 2.38. The maximum absolute atomic E-state index is 12.2. The van der Waals surface area contributed by atoms with Gasteiger partial charge in [-0.25, -0.2) is 0 Å². The van der Waals surface area contributed by atoms with Gasteiger partial charge in [0, 0.05) is 18.9 Å². The van der Waals surface area contributed by atoms with Gasteiger partial charge in [-0.05, 0) is 38.0 Å². The van der Waals surface area contributed by atoms with Crippen LogP contribution in [0.15, 0.2) is 18.5 Å². The van der Waals surface area contributed by atoms with Gasteiger partial charge in [0.1, 0.15) is 5.54 Å². The van der Waals surface area contributed by atoms with Gasteiger partial charge in [-0.1, -0.05) is 0 Å². The summed E-state index contributed by atoms with van der Waals surface area (Å²) < 4.78 is 0. The molecule has 0 bridgehead atoms. The zero-order valence-corrected chi connectivity index (χ0v) is 10.9. The van der Waals surface area contributed by atoms with Crippen molar-refractivity contribution in [1.29, 1.82) is 0 Å². The molecule has 1 aromatic heterocycles. The number of nitrogens with zero attached hydrogens (tertiary/aromatic N) is 2. The van der Waals surface area contributed by atoms with E-state index in [2.05, 4.69) is 10.3 Å². The molecule has 1 aliphatic rings. The molecule has 0 aliphatic carbocycles. The number of nitrogens with one attached hydrogen (secondary N) is 1. The van der Waals surface area contributed by atoms with Gasteiger partial charge in [-0.2, -0.15) is 0 Å². The Hall–Kier alpha value is -1.91. The molecule has 0 radical (unpaired) electrons. The molecule has 2 heterocycles. The number of piperazine rings is 1. The summed E-state index contributed by atoms with van der Waals surface area (Å²) in [4.78, 5) is 29.4. The van der Waals surface area contributed by atoms with Crippen molar-refractivity contribution in [3.63, 3.8) is 0 Å². The Labute approximate surface area is 106 Å². The molecule has 0 aromatic carbocycles. The quantitative estimate of drug-likeness (QED) is 0.833. The van der Waals surface area contributed by atoms with Crippen molar-refractivity contribution < 1.29 is 9.59 Å². The average molecular weight is 247 g/mol. The SMILES string of the molecule is Cc1ccncc1CN1CC(=O)NC(C)(C)C1=O. The zero-order chi connectivity index (χ0) is 13.3. The van der Waals surface area contributed by atoms with Crippen LogP contribution in [0.4, 0.5) is 0 Å². The summed E-state index contributed by atoms with van der Waals surface area (Å²) in [5.74, 6) is -0.188. The van der Waals surface area contributed by atoms with Crippen molar-refractivity contribution in [3.05, 3.63) is 29.6 Å². The molecule has 2 rings (SSSR count). The van der Waals surface area contributed by atoms with Crippen LogP contribution in [-0.4, -0.2) is 33.8 Å². The van der Waals surface area contributed by atoms with E-state index in [1.807, 2.05) is 13.0 Å². The molecule has 5 heteroatoms. The van der Waals surface area contributed by atoms with Crippen LogP contribution in [0, 0.1) is 6.92 Å². The molecule has 2 amide bonds. The molecule has 0 atom stereocenters. The van der Waals surface area contributed by atoms with Crippen LogP contribution >= 0.6 is 0 Å². The number of amides is 2. The van der Waals surface area contributed by atoms with E-state index in [1.54, 1.807) is 31.1 Å². The van der Waals surface area contributed by atoms with Gasteiger partial charge >= 0.3 is 0 Å². The molecule has 18 heavy (non-hydrogen) atoms. The van der Waals surface area contributed by atoms with Crippen molar-refractivity contribution in [2.75, 3.05) is 6.54 Å².